The molecular formula is C14H12N6O. The molecule has 0 unspecified atom stereocenters. The Morgan fingerprint density at radius 2 is 1.76 bits per heavy atom. The standard InChI is InChI=1S/C14H12N6O/c15-13(18-21)11-8-4-5-9-12(11)20-17-14(16-19-20)10-6-2-1-3-7-10/h1-9,21H,(H2,15,18). The molecule has 0 amide bonds. The van der Waals surface area contributed by atoms with E-state index >= 15 is 0 Å². The summed E-state index contributed by atoms with van der Waals surface area (Å²) in [6.45, 7) is 0. The molecule has 3 N–H and O–H groups in total. The molecule has 0 aliphatic heterocycles. The molecule has 0 aliphatic carbocycles. The molecule has 0 atom stereocenters. The van der Waals surface area contributed by atoms with Gasteiger partial charge >= 0.3 is 0 Å². The van der Waals surface area contributed by atoms with Gasteiger partial charge in [0.1, 0.15) is 0 Å². The van der Waals surface area contributed by atoms with E-state index in [1.165, 1.54) is 4.80 Å². The average Bonchev–Trinajstić information content (AvgIpc) is 3.05. The second-order valence-corrected chi connectivity index (χ2v) is 4.27. The van der Waals surface area contributed by atoms with Crippen LogP contribution in [-0.4, -0.2) is 31.3 Å². The minimum absolute atomic E-state index is 0.0100. The zero-order valence-corrected chi connectivity index (χ0v) is 11.0. The van der Waals surface area contributed by atoms with Crippen LogP contribution in [0.2, 0.25) is 0 Å². The predicted octanol–water partition coefficient (Wildman–Crippen LogP) is 1.42. The highest BCUT2D eigenvalue weighted by atomic mass is 16.4. The van der Waals surface area contributed by atoms with Gasteiger partial charge in [-0.25, -0.2) is 0 Å². The number of nitrogens with two attached hydrogens (primary N) is 1. The third-order valence-corrected chi connectivity index (χ3v) is 2.95. The van der Waals surface area contributed by atoms with Gasteiger partial charge in [-0.05, 0) is 17.3 Å². The first-order valence-corrected chi connectivity index (χ1v) is 6.22. The van der Waals surface area contributed by atoms with Crippen molar-refractivity contribution in [2.75, 3.05) is 0 Å². The monoisotopic (exact) mass is 280 g/mol. The van der Waals surface area contributed by atoms with Crippen molar-refractivity contribution in [3.63, 3.8) is 0 Å². The smallest absolute Gasteiger partial charge is 0.205 e. The molecule has 3 aromatic rings. The Balaban J connectivity index is 2.05. The lowest BCUT2D eigenvalue weighted by Gasteiger charge is -2.05. The van der Waals surface area contributed by atoms with Crippen molar-refractivity contribution in [2.24, 2.45) is 10.9 Å². The van der Waals surface area contributed by atoms with E-state index in [-0.39, 0.29) is 5.84 Å². The predicted molar refractivity (Wildman–Crippen MR) is 77.1 cm³/mol. The number of hydrogen-bond acceptors (Lipinski definition) is 5. The van der Waals surface area contributed by atoms with E-state index in [2.05, 4.69) is 20.6 Å². The number of tetrazole rings is 1. The lowest BCUT2D eigenvalue weighted by atomic mass is 10.1. The molecule has 1 heterocycles. The van der Waals surface area contributed by atoms with Crippen LogP contribution in [0.5, 0.6) is 0 Å². The number of nitrogens with zero attached hydrogens (tertiary/aromatic N) is 5. The van der Waals surface area contributed by atoms with Gasteiger partial charge in [-0.1, -0.05) is 47.6 Å². The van der Waals surface area contributed by atoms with E-state index in [0.29, 0.717) is 17.1 Å². The quantitative estimate of drug-likeness (QED) is 0.327. The topological polar surface area (TPSA) is 102 Å². The molecule has 1 aromatic heterocycles. The molecule has 0 saturated carbocycles. The zero-order valence-electron chi connectivity index (χ0n) is 11.0. The summed E-state index contributed by atoms with van der Waals surface area (Å²) in [5.74, 6) is 0.495. The van der Waals surface area contributed by atoms with Gasteiger partial charge in [0.2, 0.25) is 5.82 Å². The van der Waals surface area contributed by atoms with Gasteiger partial charge in [-0.2, -0.15) is 0 Å². The van der Waals surface area contributed by atoms with Crippen molar-refractivity contribution in [3.8, 4) is 17.1 Å². The molecule has 2 aromatic carbocycles. The van der Waals surface area contributed by atoms with Crippen molar-refractivity contribution in [1.82, 2.24) is 20.2 Å². The summed E-state index contributed by atoms with van der Waals surface area (Å²) < 4.78 is 0. The zero-order chi connectivity index (χ0) is 14.7. The Kier molecular flexibility index (Phi) is 3.30. The van der Waals surface area contributed by atoms with E-state index in [4.69, 9.17) is 10.9 Å². The molecule has 0 bridgehead atoms. The number of rotatable bonds is 3. The lowest BCUT2D eigenvalue weighted by Crippen LogP contribution is -2.17. The van der Waals surface area contributed by atoms with Gasteiger partial charge in [0.25, 0.3) is 0 Å². The first-order chi connectivity index (χ1) is 10.3. The SMILES string of the molecule is N/C(=N\O)c1ccccc1-n1nnc(-c2ccccc2)n1. The van der Waals surface area contributed by atoms with Crippen LogP contribution in [0, 0.1) is 0 Å². The molecule has 21 heavy (non-hydrogen) atoms. The van der Waals surface area contributed by atoms with E-state index < -0.39 is 0 Å². The van der Waals surface area contributed by atoms with Gasteiger partial charge in [-0.3, -0.25) is 0 Å². The molecule has 7 heteroatoms. The Hall–Kier alpha value is -3.22. The molecule has 0 radical (unpaired) electrons. The summed E-state index contributed by atoms with van der Waals surface area (Å²) >= 11 is 0. The second kappa shape index (κ2) is 5.41. The van der Waals surface area contributed by atoms with E-state index in [0.717, 1.165) is 5.56 Å². The molecule has 7 nitrogen and oxygen atoms in total. The normalized spacial score (nSPS) is 11.5. The highest BCUT2D eigenvalue weighted by Gasteiger charge is 2.12. The maximum atomic E-state index is 8.84. The first-order valence-electron chi connectivity index (χ1n) is 6.22. The molecule has 0 spiro atoms. The fraction of sp³-hybridized carbons (Fsp3) is 0. The summed E-state index contributed by atoms with van der Waals surface area (Å²) in [5.41, 5.74) is 7.64. The van der Waals surface area contributed by atoms with Gasteiger partial charge in [0.15, 0.2) is 5.84 Å². The van der Waals surface area contributed by atoms with Crippen LogP contribution in [-0.2, 0) is 0 Å². The maximum Gasteiger partial charge on any atom is 0.205 e. The molecule has 0 fully saturated rings. The Labute approximate surface area is 120 Å². The molecular weight excluding hydrogens is 268 g/mol. The lowest BCUT2D eigenvalue weighted by molar-refractivity contribution is 0.318. The first kappa shape index (κ1) is 12.8. The number of aromatic nitrogens is 4. The Bertz CT molecular complexity index is 781. The minimum Gasteiger partial charge on any atom is -0.409 e. The van der Waals surface area contributed by atoms with Crippen LogP contribution >= 0.6 is 0 Å². The fourth-order valence-electron chi connectivity index (χ4n) is 1.94. The van der Waals surface area contributed by atoms with Crippen molar-refractivity contribution in [3.05, 3.63) is 60.2 Å². The van der Waals surface area contributed by atoms with E-state index in [1.807, 2.05) is 36.4 Å². The largest absolute Gasteiger partial charge is 0.409 e. The van der Waals surface area contributed by atoms with Crippen molar-refractivity contribution in [1.29, 1.82) is 0 Å². The van der Waals surface area contributed by atoms with E-state index in [9.17, 15) is 0 Å². The molecule has 0 saturated heterocycles. The molecule has 104 valence electrons. The third kappa shape index (κ3) is 2.44. The van der Waals surface area contributed by atoms with Gasteiger partial charge in [-0.15, -0.1) is 15.0 Å². The van der Waals surface area contributed by atoms with Crippen molar-refractivity contribution >= 4 is 5.84 Å². The number of hydrogen-bond donors (Lipinski definition) is 2. The average molecular weight is 280 g/mol. The Morgan fingerprint density at radius 3 is 2.52 bits per heavy atom. The van der Waals surface area contributed by atoms with Crippen LogP contribution in [0.1, 0.15) is 5.56 Å². The summed E-state index contributed by atoms with van der Waals surface area (Å²) in [4.78, 5) is 1.36. The number of oxime groups is 1. The van der Waals surface area contributed by atoms with Crippen LogP contribution in [0.15, 0.2) is 59.8 Å². The highest BCUT2D eigenvalue weighted by molar-refractivity contribution is 6.00. The maximum absolute atomic E-state index is 8.84. The fourth-order valence-corrected chi connectivity index (χ4v) is 1.94. The second-order valence-electron chi connectivity index (χ2n) is 4.27. The Morgan fingerprint density at radius 1 is 1.05 bits per heavy atom. The number of para-hydroxylation sites is 1. The molecule has 3 rings (SSSR count). The summed E-state index contributed by atoms with van der Waals surface area (Å²) in [7, 11) is 0. The van der Waals surface area contributed by atoms with Crippen LogP contribution in [0.4, 0.5) is 0 Å². The van der Waals surface area contributed by atoms with Gasteiger partial charge < -0.3 is 10.9 Å². The van der Waals surface area contributed by atoms with Crippen LogP contribution in [0.25, 0.3) is 17.1 Å². The van der Waals surface area contributed by atoms with Crippen molar-refractivity contribution in [2.45, 2.75) is 0 Å². The highest BCUT2D eigenvalue weighted by Crippen LogP contribution is 2.16. The van der Waals surface area contributed by atoms with E-state index in [1.54, 1.807) is 18.2 Å². The van der Waals surface area contributed by atoms with Crippen molar-refractivity contribution < 1.29 is 5.21 Å². The van der Waals surface area contributed by atoms with Gasteiger partial charge in [0.05, 0.1) is 5.69 Å². The van der Waals surface area contributed by atoms with Gasteiger partial charge in [0, 0.05) is 11.1 Å². The molecule has 0 aliphatic rings. The summed E-state index contributed by atoms with van der Waals surface area (Å²) in [6.07, 6.45) is 0. The number of amidine groups is 1. The van der Waals surface area contributed by atoms with Crippen LogP contribution < -0.4 is 5.73 Å². The third-order valence-electron chi connectivity index (χ3n) is 2.95. The van der Waals surface area contributed by atoms with Crippen LogP contribution in [0.3, 0.4) is 0 Å². The summed E-state index contributed by atoms with van der Waals surface area (Å²) in [5, 5.41) is 24.2. The summed E-state index contributed by atoms with van der Waals surface area (Å²) in [6, 6.07) is 16.6. The minimum atomic E-state index is -0.0100. The number of benzene rings is 2.